The number of carbonyl (C=O) groups excluding carboxylic acids is 1. The molecule has 18 heavy (non-hydrogen) atoms. The van der Waals surface area contributed by atoms with Gasteiger partial charge < -0.3 is 5.11 Å². The highest BCUT2D eigenvalue weighted by Crippen LogP contribution is 2.22. The van der Waals surface area contributed by atoms with E-state index in [0.717, 1.165) is 0 Å². The third kappa shape index (κ3) is 2.28. The van der Waals surface area contributed by atoms with Gasteiger partial charge in [-0.25, -0.2) is 8.78 Å². The fourth-order valence-electron chi connectivity index (χ4n) is 1.50. The van der Waals surface area contributed by atoms with E-state index in [4.69, 9.17) is 4.11 Å². The molecule has 4 heteroatoms. The fraction of sp³-hybridized carbons (Fsp3) is 0.0714. The summed E-state index contributed by atoms with van der Waals surface area (Å²) in [7, 11) is 0. The molecule has 0 radical (unpaired) electrons. The summed E-state index contributed by atoms with van der Waals surface area (Å²) in [6.45, 7) is 0. The number of rotatable bonds is 3. The van der Waals surface area contributed by atoms with Crippen LogP contribution in [-0.2, 0) is 0 Å². The summed E-state index contributed by atoms with van der Waals surface area (Å²) in [5.74, 6) is -4.39. The SMILES string of the molecule is [2H]c1c([2H])c(F)c(C(=O)C(O)c2ccccc2)c(F)c1[2H]. The number of Topliss-reactive ketones (excluding diaryl/α,β-unsaturated/α-hetero) is 1. The van der Waals surface area contributed by atoms with Crippen molar-refractivity contribution in [1.29, 1.82) is 0 Å². The minimum absolute atomic E-state index is 0.134. The molecule has 1 unspecified atom stereocenters. The third-order valence-corrected chi connectivity index (χ3v) is 2.39. The first-order chi connectivity index (χ1) is 9.86. The van der Waals surface area contributed by atoms with Gasteiger partial charge in [0.15, 0.2) is 0 Å². The normalized spacial score (nSPS) is 14.5. The molecule has 0 spiro atoms. The lowest BCUT2D eigenvalue weighted by Gasteiger charge is -2.11. The van der Waals surface area contributed by atoms with Gasteiger partial charge in [0.05, 0.1) is 9.68 Å². The molecule has 0 saturated carbocycles. The molecular formula is C14H10F2O2. The van der Waals surface area contributed by atoms with Crippen molar-refractivity contribution in [2.75, 3.05) is 0 Å². The molecule has 92 valence electrons. The molecule has 2 rings (SSSR count). The predicted molar refractivity (Wildman–Crippen MR) is 62.1 cm³/mol. The quantitative estimate of drug-likeness (QED) is 0.852. The standard InChI is InChI=1S/C14H10F2O2/c15-10-7-4-8-11(16)12(10)14(18)13(17)9-5-2-1-3-6-9/h1-8,13,17H/i4D,7D,8D. The number of hydrogen-bond donors (Lipinski definition) is 1. The van der Waals surface area contributed by atoms with Gasteiger partial charge in [0.25, 0.3) is 0 Å². The van der Waals surface area contributed by atoms with Crippen molar-refractivity contribution in [2.45, 2.75) is 6.10 Å². The molecule has 0 saturated heterocycles. The van der Waals surface area contributed by atoms with Gasteiger partial charge in [-0.2, -0.15) is 0 Å². The van der Waals surface area contributed by atoms with Crippen molar-refractivity contribution in [2.24, 2.45) is 0 Å². The Balaban J connectivity index is 2.55. The number of halogens is 2. The van der Waals surface area contributed by atoms with E-state index < -0.39 is 47.2 Å². The molecule has 0 aliphatic heterocycles. The van der Waals surface area contributed by atoms with Crippen LogP contribution in [0.5, 0.6) is 0 Å². The summed E-state index contributed by atoms with van der Waals surface area (Å²) in [5.41, 5.74) is -1.04. The van der Waals surface area contributed by atoms with Crippen LogP contribution in [0.15, 0.2) is 48.5 Å². The van der Waals surface area contributed by atoms with Crippen LogP contribution in [0.2, 0.25) is 0 Å². The lowest BCUT2D eigenvalue weighted by molar-refractivity contribution is 0.0738. The number of benzene rings is 2. The monoisotopic (exact) mass is 251 g/mol. The first kappa shape index (κ1) is 8.94. The van der Waals surface area contributed by atoms with E-state index in [2.05, 4.69) is 0 Å². The van der Waals surface area contributed by atoms with E-state index in [0.29, 0.717) is 0 Å². The van der Waals surface area contributed by atoms with Gasteiger partial charge in [-0.15, -0.1) is 0 Å². The Labute approximate surface area is 107 Å². The van der Waals surface area contributed by atoms with Crippen LogP contribution in [0.1, 0.15) is 26.1 Å². The number of carbonyl (C=O) groups is 1. The van der Waals surface area contributed by atoms with Gasteiger partial charge >= 0.3 is 0 Å². The van der Waals surface area contributed by atoms with E-state index >= 15 is 0 Å². The minimum Gasteiger partial charge on any atom is -0.380 e. The van der Waals surface area contributed by atoms with Gasteiger partial charge in [-0.3, -0.25) is 4.79 Å². The molecule has 0 bridgehead atoms. The number of aliphatic hydroxyl groups excluding tert-OH is 1. The lowest BCUT2D eigenvalue weighted by Crippen LogP contribution is -2.15. The molecule has 2 aromatic carbocycles. The number of aliphatic hydroxyl groups is 1. The van der Waals surface area contributed by atoms with Crippen molar-refractivity contribution >= 4 is 5.78 Å². The van der Waals surface area contributed by atoms with E-state index in [9.17, 15) is 18.7 Å². The zero-order chi connectivity index (χ0) is 15.7. The summed E-state index contributed by atoms with van der Waals surface area (Å²) in [4.78, 5) is 12.0. The topological polar surface area (TPSA) is 37.3 Å². The fourth-order valence-corrected chi connectivity index (χ4v) is 1.50. The Hall–Kier alpha value is -2.07. The molecule has 2 nitrogen and oxygen atoms in total. The molecular weight excluding hydrogens is 238 g/mol. The Morgan fingerprint density at radius 2 is 1.72 bits per heavy atom. The van der Waals surface area contributed by atoms with E-state index in [-0.39, 0.29) is 5.56 Å². The Morgan fingerprint density at radius 3 is 2.28 bits per heavy atom. The average Bonchev–Trinajstić information content (AvgIpc) is 2.51. The second kappa shape index (κ2) is 5.06. The molecule has 0 amide bonds. The molecule has 0 aromatic heterocycles. The highest BCUT2D eigenvalue weighted by molar-refractivity contribution is 6.00. The van der Waals surface area contributed by atoms with Crippen molar-refractivity contribution < 1.29 is 22.8 Å². The smallest absolute Gasteiger partial charge is 0.201 e. The lowest BCUT2D eigenvalue weighted by atomic mass is 9.99. The van der Waals surface area contributed by atoms with Crippen LogP contribution in [0.3, 0.4) is 0 Å². The van der Waals surface area contributed by atoms with Crippen LogP contribution in [0.4, 0.5) is 8.78 Å². The summed E-state index contributed by atoms with van der Waals surface area (Å²) in [5, 5.41) is 9.89. The van der Waals surface area contributed by atoms with Gasteiger partial charge in [0, 0.05) is 0 Å². The van der Waals surface area contributed by atoms with Crippen molar-refractivity contribution in [3.63, 3.8) is 0 Å². The maximum absolute atomic E-state index is 13.9. The Morgan fingerprint density at radius 1 is 1.17 bits per heavy atom. The Bertz CT molecular complexity index is 676. The summed E-state index contributed by atoms with van der Waals surface area (Å²) >= 11 is 0. The summed E-state index contributed by atoms with van der Waals surface area (Å²) in [6.07, 6.45) is -1.81. The minimum atomic E-state index is -1.81. The maximum Gasteiger partial charge on any atom is 0.201 e. The van der Waals surface area contributed by atoms with Crippen LogP contribution in [0.25, 0.3) is 0 Å². The second-order valence-corrected chi connectivity index (χ2v) is 3.56. The van der Waals surface area contributed by atoms with Crippen LogP contribution >= 0.6 is 0 Å². The third-order valence-electron chi connectivity index (χ3n) is 2.39. The molecule has 0 fully saturated rings. The average molecular weight is 251 g/mol. The van der Waals surface area contributed by atoms with Crippen molar-refractivity contribution in [3.05, 3.63) is 71.2 Å². The van der Waals surface area contributed by atoms with E-state index in [1.165, 1.54) is 24.3 Å². The molecule has 0 aliphatic rings. The van der Waals surface area contributed by atoms with Crippen LogP contribution in [0, 0.1) is 11.6 Å². The maximum atomic E-state index is 13.9. The van der Waals surface area contributed by atoms with E-state index in [1.54, 1.807) is 6.07 Å². The highest BCUT2D eigenvalue weighted by Gasteiger charge is 2.24. The molecule has 0 aliphatic carbocycles. The summed E-state index contributed by atoms with van der Waals surface area (Å²) in [6, 6.07) is 4.47. The second-order valence-electron chi connectivity index (χ2n) is 3.56. The van der Waals surface area contributed by atoms with Crippen molar-refractivity contribution in [3.8, 4) is 0 Å². The van der Waals surface area contributed by atoms with Gasteiger partial charge in [0.1, 0.15) is 17.7 Å². The van der Waals surface area contributed by atoms with Crippen LogP contribution < -0.4 is 0 Å². The predicted octanol–water partition coefficient (Wildman–Crippen LogP) is 2.88. The molecule has 1 atom stereocenters. The molecule has 0 heterocycles. The first-order valence-electron chi connectivity index (χ1n) is 6.58. The van der Waals surface area contributed by atoms with E-state index in [1.807, 2.05) is 0 Å². The first-order valence-corrected chi connectivity index (χ1v) is 5.08. The van der Waals surface area contributed by atoms with Gasteiger partial charge in [-0.05, 0) is 17.6 Å². The number of hydrogen-bond acceptors (Lipinski definition) is 2. The molecule has 1 N–H and O–H groups in total. The largest absolute Gasteiger partial charge is 0.380 e. The summed E-state index contributed by atoms with van der Waals surface area (Å²) < 4.78 is 49.5. The zero-order valence-corrected chi connectivity index (χ0v) is 9.08. The highest BCUT2D eigenvalue weighted by atomic mass is 19.1. The van der Waals surface area contributed by atoms with Crippen LogP contribution in [-0.4, -0.2) is 10.9 Å². The number of ketones is 1. The van der Waals surface area contributed by atoms with Gasteiger partial charge in [0.2, 0.25) is 5.78 Å². The Kier molecular flexibility index (Phi) is 2.51. The molecule has 2 aromatic rings. The zero-order valence-electron chi connectivity index (χ0n) is 12.1. The van der Waals surface area contributed by atoms with Crippen molar-refractivity contribution in [1.82, 2.24) is 0 Å². The van der Waals surface area contributed by atoms with Gasteiger partial charge in [-0.1, -0.05) is 36.4 Å².